The quantitative estimate of drug-likeness (QED) is 0.765. The molecule has 0 aliphatic heterocycles. The number of nitrogens with one attached hydrogen (secondary N) is 1. The van der Waals surface area contributed by atoms with Crippen molar-refractivity contribution in [2.24, 2.45) is 0 Å². The van der Waals surface area contributed by atoms with Crippen molar-refractivity contribution in [3.63, 3.8) is 0 Å². The smallest absolute Gasteiger partial charge is 0.223 e. The molecule has 0 bridgehead atoms. The van der Waals surface area contributed by atoms with Crippen molar-refractivity contribution in [3.05, 3.63) is 47.3 Å². The highest BCUT2D eigenvalue weighted by atomic mass is 32.1. The average molecular weight is 270 g/mol. The molecule has 96 valence electrons. The zero-order valence-corrected chi connectivity index (χ0v) is 11.2. The van der Waals surface area contributed by atoms with E-state index in [4.69, 9.17) is 5.73 Å². The number of thiophene rings is 1. The summed E-state index contributed by atoms with van der Waals surface area (Å²) in [5.74, 6) is 1.14. The summed E-state index contributed by atoms with van der Waals surface area (Å²) in [6, 6.07) is 12.4. The molecule has 0 spiro atoms. The molecule has 3 rings (SSSR count). The second kappa shape index (κ2) is 5.24. The molecule has 0 fully saturated rings. The molecular weight excluding hydrogens is 256 g/mol. The maximum atomic E-state index is 5.71. The predicted molar refractivity (Wildman–Crippen MR) is 80.5 cm³/mol. The Labute approximate surface area is 115 Å². The van der Waals surface area contributed by atoms with Gasteiger partial charge in [-0.05, 0) is 23.4 Å². The highest BCUT2D eigenvalue weighted by molar-refractivity contribution is 7.16. The second-order valence-corrected chi connectivity index (χ2v) is 5.13. The van der Waals surface area contributed by atoms with E-state index in [-0.39, 0.29) is 0 Å². The molecule has 2 heterocycles. The van der Waals surface area contributed by atoms with Crippen LogP contribution in [0.25, 0.3) is 10.2 Å². The largest absolute Gasteiger partial charge is 0.369 e. The highest BCUT2D eigenvalue weighted by Gasteiger charge is 2.06. The minimum absolute atomic E-state index is 0.317. The van der Waals surface area contributed by atoms with Crippen molar-refractivity contribution in [2.75, 3.05) is 17.6 Å². The van der Waals surface area contributed by atoms with Crippen LogP contribution in [-0.2, 0) is 6.42 Å². The van der Waals surface area contributed by atoms with E-state index in [1.807, 2.05) is 17.5 Å². The lowest BCUT2D eigenvalue weighted by molar-refractivity contribution is 1.01. The summed E-state index contributed by atoms with van der Waals surface area (Å²) in [6.45, 7) is 0.825. The van der Waals surface area contributed by atoms with E-state index in [1.165, 1.54) is 5.56 Å². The molecule has 0 saturated carbocycles. The number of anilines is 2. The number of benzene rings is 1. The summed E-state index contributed by atoms with van der Waals surface area (Å²) in [5.41, 5.74) is 7.02. The van der Waals surface area contributed by atoms with Gasteiger partial charge < -0.3 is 11.1 Å². The van der Waals surface area contributed by atoms with E-state index in [0.29, 0.717) is 5.95 Å². The SMILES string of the molecule is Nc1nc(NCCc2ccccc2)c2ccsc2n1. The monoisotopic (exact) mass is 270 g/mol. The fraction of sp³-hybridized carbons (Fsp3) is 0.143. The standard InChI is InChI=1S/C14H14N4S/c15-14-17-12(11-7-9-19-13(11)18-14)16-8-6-10-4-2-1-3-5-10/h1-5,7,9H,6,8H2,(H3,15,16,17,18). The molecule has 0 aliphatic rings. The van der Waals surface area contributed by atoms with Crippen LogP contribution in [0.2, 0.25) is 0 Å². The van der Waals surface area contributed by atoms with Crippen LogP contribution in [0.5, 0.6) is 0 Å². The van der Waals surface area contributed by atoms with Crippen molar-refractivity contribution < 1.29 is 0 Å². The van der Waals surface area contributed by atoms with E-state index in [1.54, 1.807) is 11.3 Å². The minimum atomic E-state index is 0.317. The predicted octanol–water partition coefficient (Wildman–Crippen LogP) is 2.93. The van der Waals surface area contributed by atoms with E-state index in [0.717, 1.165) is 29.0 Å². The molecule has 0 atom stereocenters. The Balaban J connectivity index is 1.73. The molecule has 4 nitrogen and oxygen atoms in total. The zero-order chi connectivity index (χ0) is 13.1. The summed E-state index contributed by atoms with van der Waals surface area (Å²) in [7, 11) is 0. The number of hydrogen-bond donors (Lipinski definition) is 2. The third kappa shape index (κ3) is 2.66. The van der Waals surface area contributed by atoms with Gasteiger partial charge in [0.05, 0.1) is 5.39 Å². The van der Waals surface area contributed by atoms with Crippen molar-refractivity contribution in [1.29, 1.82) is 0 Å². The molecule has 0 saturated heterocycles. The fourth-order valence-corrected chi connectivity index (χ4v) is 2.75. The first-order valence-electron chi connectivity index (χ1n) is 6.11. The van der Waals surface area contributed by atoms with Gasteiger partial charge in [-0.25, -0.2) is 4.98 Å². The number of rotatable bonds is 4. The molecule has 0 aliphatic carbocycles. The van der Waals surface area contributed by atoms with Gasteiger partial charge in [0.1, 0.15) is 10.6 Å². The van der Waals surface area contributed by atoms with Crippen molar-refractivity contribution in [3.8, 4) is 0 Å². The first-order chi connectivity index (χ1) is 9.33. The summed E-state index contributed by atoms with van der Waals surface area (Å²) in [6.07, 6.45) is 0.955. The van der Waals surface area contributed by atoms with Gasteiger partial charge in [-0.3, -0.25) is 0 Å². The fourth-order valence-electron chi connectivity index (χ4n) is 1.98. The van der Waals surface area contributed by atoms with E-state index >= 15 is 0 Å². The van der Waals surface area contributed by atoms with Gasteiger partial charge >= 0.3 is 0 Å². The zero-order valence-electron chi connectivity index (χ0n) is 10.3. The Hall–Kier alpha value is -2.14. The molecule has 0 unspecified atom stereocenters. The van der Waals surface area contributed by atoms with Gasteiger partial charge in [0.25, 0.3) is 0 Å². The third-order valence-corrected chi connectivity index (χ3v) is 3.70. The summed E-state index contributed by atoms with van der Waals surface area (Å²) in [5, 5.41) is 6.37. The number of nitrogens with zero attached hydrogens (tertiary/aromatic N) is 2. The Bertz CT molecular complexity index is 678. The normalized spacial score (nSPS) is 10.7. The number of nitrogen functional groups attached to an aromatic ring is 1. The topological polar surface area (TPSA) is 63.8 Å². The Morgan fingerprint density at radius 1 is 1.11 bits per heavy atom. The molecule has 3 aromatic rings. The number of aromatic nitrogens is 2. The first kappa shape index (κ1) is 11.9. The number of fused-ring (bicyclic) bond motifs is 1. The number of nitrogens with two attached hydrogens (primary N) is 1. The van der Waals surface area contributed by atoms with E-state index < -0.39 is 0 Å². The van der Waals surface area contributed by atoms with Crippen molar-refractivity contribution in [1.82, 2.24) is 9.97 Å². The summed E-state index contributed by atoms with van der Waals surface area (Å²) >= 11 is 1.57. The van der Waals surface area contributed by atoms with Gasteiger partial charge in [0.15, 0.2) is 0 Å². The highest BCUT2D eigenvalue weighted by Crippen LogP contribution is 2.25. The number of hydrogen-bond acceptors (Lipinski definition) is 5. The lowest BCUT2D eigenvalue weighted by Gasteiger charge is -2.07. The van der Waals surface area contributed by atoms with Crippen LogP contribution < -0.4 is 11.1 Å². The third-order valence-electron chi connectivity index (χ3n) is 2.89. The Kier molecular flexibility index (Phi) is 3.29. The Morgan fingerprint density at radius 3 is 2.79 bits per heavy atom. The maximum Gasteiger partial charge on any atom is 0.223 e. The maximum absolute atomic E-state index is 5.71. The molecule has 5 heteroatoms. The summed E-state index contributed by atoms with van der Waals surface area (Å²) < 4.78 is 0. The molecule has 0 radical (unpaired) electrons. The molecule has 3 N–H and O–H groups in total. The average Bonchev–Trinajstić information content (AvgIpc) is 2.88. The van der Waals surface area contributed by atoms with Crippen molar-refractivity contribution in [2.45, 2.75) is 6.42 Å². The van der Waals surface area contributed by atoms with Crippen LogP contribution in [0.15, 0.2) is 41.8 Å². The van der Waals surface area contributed by atoms with Crippen LogP contribution in [-0.4, -0.2) is 16.5 Å². The van der Waals surface area contributed by atoms with Gasteiger partial charge in [0.2, 0.25) is 5.95 Å². The Morgan fingerprint density at radius 2 is 1.95 bits per heavy atom. The van der Waals surface area contributed by atoms with Gasteiger partial charge in [-0.15, -0.1) is 11.3 Å². The molecule has 1 aromatic carbocycles. The lowest BCUT2D eigenvalue weighted by Crippen LogP contribution is -2.08. The van der Waals surface area contributed by atoms with Crippen LogP contribution in [0.1, 0.15) is 5.56 Å². The molecule has 0 amide bonds. The molecule has 2 aromatic heterocycles. The van der Waals surface area contributed by atoms with Gasteiger partial charge in [-0.1, -0.05) is 30.3 Å². The molecule has 19 heavy (non-hydrogen) atoms. The van der Waals surface area contributed by atoms with Gasteiger partial charge in [-0.2, -0.15) is 4.98 Å². The minimum Gasteiger partial charge on any atom is -0.369 e. The van der Waals surface area contributed by atoms with Crippen molar-refractivity contribution >= 4 is 33.3 Å². The van der Waals surface area contributed by atoms with Crippen LogP contribution in [0.4, 0.5) is 11.8 Å². The van der Waals surface area contributed by atoms with Gasteiger partial charge in [0, 0.05) is 6.54 Å². The van der Waals surface area contributed by atoms with E-state index in [2.05, 4.69) is 39.6 Å². The lowest BCUT2D eigenvalue weighted by atomic mass is 10.1. The molecular formula is C14H14N4S. The second-order valence-electron chi connectivity index (χ2n) is 4.23. The van der Waals surface area contributed by atoms with E-state index in [9.17, 15) is 0 Å². The summed E-state index contributed by atoms with van der Waals surface area (Å²) in [4.78, 5) is 9.40. The van der Waals surface area contributed by atoms with Crippen LogP contribution in [0.3, 0.4) is 0 Å². The van der Waals surface area contributed by atoms with Crippen LogP contribution >= 0.6 is 11.3 Å². The first-order valence-corrected chi connectivity index (χ1v) is 6.99. The van der Waals surface area contributed by atoms with Crippen LogP contribution in [0, 0.1) is 0 Å².